The summed E-state index contributed by atoms with van der Waals surface area (Å²) in [5.74, 6) is 7.27. The highest BCUT2D eigenvalue weighted by atomic mass is 16.5. The van der Waals surface area contributed by atoms with Crippen molar-refractivity contribution in [2.45, 2.75) is 77.5 Å². The number of aromatic nitrogens is 4. The third-order valence-electron chi connectivity index (χ3n) is 10.2. The van der Waals surface area contributed by atoms with Crippen molar-refractivity contribution in [3.63, 3.8) is 0 Å². The maximum absolute atomic E-state index is 13.5. The number of hydrogen-bond acceptors (Lipinski definition) is 8. The Morgan fingerprint density at radius 3 is 1.85 bits per heavy atom. The minimum atomic E-state index is -0.699. The molecule has 2 aromatic heterocycles. The van der Waals surface area contributed by atoms with Crippen molar-refractivity contribution < 1.29 is 28.7 Å². The van der Waals surface area contributed by atoms with Gasteiger partial charge in [-0.05, 0) is 72.4 Å². The Kier molecular flexibility index (Phi) is 11.5. The normalized spacial score (nSPS) is 18.0. The lowest BCUT2D eigenvalue weighted by Gasteiger charge is -2.30. The van der Waals surface area contributed by atoms with Gasteiger partial charge in [0.2, 0.25) is 11.8 Å². The molecule has 4 amide bonds. The van der Waals surface area contributed by atoms with Gasteiger partial charge in [0.1, 0.15) is 29.4 Å². The van der Waals surface area contributed by atoms with Crippen LogP contribution in [-0.4, -0.2) is 93.1 Å². The van der Waals surface area contributed by atoms with Crippen molar-refractivity contribution in [2.24, 2.45) is 11.8 Å². The van der Waals surface area contributed by atoms with Crippen molar-refractivity contribution in [2.75, 3.05) is 27.3 Å². The van der Waals surface area contributed by atoms with Gasteiger partial charge < -0.3 is 39.9 Å². The van der Waals surface area contributed by atoms with Crippen LogP contribution in [0, 0.1) is 23.7 Å². The molecule has 14 heteroatoms. The number of likely N-dealkylation sites (tertiary alicyclic amines) is 2. The molecule has 2 aliphatic rings. The van der Waals surface area contributed by atoms with E-state index in [2.05, 4.69) is 48.5 Å². The van der Waals surface area contributed by atoms with Gasteiger partial charge in [0, 0.05) is 24.2 Å². The number of alkyl carbamates (subject to hydrolysis) is 2. The van der Waals surface area contributed by atoms with Crippen molar-refractivity contribution in [1.82, 2.24) is 40.4 Å². The zero-order valence-corrected chi connectivity index (χ0v) is 31.6. The summed E-state index contributed by atoms with van der Waals surface area (Å²) in [6.45, 7) is 8.73. The second-order valence-electron chi connectivity index (χ2n) is 14.5. The summed E-state index contributed by atoms with van der Waals surface area (Å²) < 4.78 is 9.49. The monoisotopic (exact) mass is 736 g/mol. The van der Waals surface area contributed by atoms with Gasteiger partial charge >= 0.3 is 12.2 Å². The summed E-state index contributed by atoms with van der Waals surface area (Å²) in [4.78, 5) is 70.4. The topological polar surface area (TPSA) is 175 Å². The maximum Gasteiger partial charge on any atom is 0.407 e. The Hall–Kier alpha value is -5.84. The zero-order chi connectivity index (χ0) is 38.5. The van der Waals surface area contributed by atoms with E-state index < -0.39 is 24.3 Å². The number of fused-ring (bicyclic) bond motifs is 1. The number of nitrogens with one attached hydrogen (secondary N) is 4. The first kappa shape index (κ1) is 37.9. The molecule has 0 radical (unpaired) electrons. The molecular formula is C40H48N8O6. The Labute approximate surface area is 314 Å². The van der Waals surface area contributed by atoms with Crippen LogP contribution in [0.25, 0.3) is 22.0 Å². The number of ether oxygens (including phenoxy) is 2. The standard InChI is InChI=1S/C40H48N8O6/c1-23(2)33(45-39(51)53-5)37(49)47-17-7-9-31(47)35-41-21-29(43-35)16-12-25-11-13-27-20-28(15-14-26(27)19-25)30-22-42-36(44-30)32-10-8-18-48(32)38(50)34(24(3)4)46-40(52)54-6/h11,13-15,19-24,31-34H,7-10,17-18H2,1-6H3,(H,41,43)(H,42,44)(H,45,51)(H,46,52)/t31-,32-,33?,34-/m0/s1. The van der Waals surface area contributed by atoms with Crippen LogP contribution < -0.4 is 10.6 Å². The number of imidazole rings is 2. The van der Waals surface area contributed by atoms with Crippen LogP contribution in [0.2, 0.25) is 0 Å². The molecule has 4 N–H and O–H groups in total. The lowest BCUT2D eigenvalue weighted by molar-refractivity contribution is -0.136. The van der Waals surface area contributed by atoms with Gasteiger partial charge in [-0.1, -0.05) is 51.8 Å². The van der Waals surface area contributed by atoms with Crippen molar-refractivity contribution in [3.05, 3.63) is 71.7 Å². The molecular weight excluding hydrogens is 688 g/mol. The SMILES string of the molecule is COC(=O)NC(C(=O)N1CCC[C@H]1c1ncc(C#Cc2ccc3cc(-c4cnc([C@@H]5CCCN5C(=O)[C@@H](NC(=O)OC)C(C)C)[nH]4)ccc3c2)[nH]1)C(C)C. The van der Waals surface area contributed by atoms with Gasteiger partial charge in [-0.25, -0.2) is 19.6 Å². The van der Waals surface area contributed by atoms with E-state index in [4.69, 9.17) is 9.47 Å². The van der Waals surface area contributed by atoms with Gasteiger partial charge in [-0.2, -0.15) is 0 Å². The fraction of sp³-hybridized carbons (Fsp3) is 0.450. The zero-order valence-electron chi connectivity index (χ0n) is 31.6. The molecule has 0 spiro atoms. The average Bonchev–Trinajstić information content (AvgIpc) is 4.00. The largest absolute Gasteiger partial charge is 0.453 e. The number of carbonyl (C=O) groups excluding carboxylic acids is 4. The Balaban J connectivity index is 1.13. The number of H-pyrrole nitrogens is 2. The molecule has 14 nitrogen and oxygen atoms in total. The van der Waals surface area contributed by atoms with E-state index in [1.54, 1.807) is 22.2 Å². The lowest BCUT2D eigenvalue weighted by Crippen LogP contribution is -2.51. The molecule has 6 rings (SSSR count). The third-order valence-corrected chi connectivity index (χ3v) is 10.2. The summed E-state index contributed by atoms with van der Waals surface area (Å²) in [5, 5.41) is 7.43. The summed E-state index contributed by atoms with van der Waals surface area (Å²) in [6, 6.07) is 10.4. The van der Waals surface area contributed by atoms with Crippen molar-refractivity contribution in [1.29, 1.82) is 0 Å². The number of benzene rings is 2. The molecule has 284 valence electrons. The van der Waals surface area contributed by atoms with E-state index in [0.717, 1.165) is 53.3 Å². The van der Waals surface area contributed by atoms with E-state index in [1.807, 2.05) is 58.0 Å². The molecule has 2 saturated heterocycles. The first-order valence-corrected chi connectivity index (χ1v) is 18.4. The quantitative estimate of drug-likeness (QED) is 0.164. The fourth-order valence-corrected chi connectivity index (χ4v) is 7.24. The minimum absolute atomic E-state index is 0.109. The molecule has 0 saturated carbocycles. The summed E-state index contributed by atoms with van der Waals surface area (Å²) in [6.07, 6.45) is 5.43. The van der Waals surface area contributed by atoms with Crippen molar-refractivity contribution in [3.8, 4) is 23.1 Å². The van der Waals surface area contributed by atoms with Gasteiger partial charge in [0.05, 0.1) is 44.4 Å². The Morgan fingerprint density at radius 1 is 0.741 bits per heavy atom. The molecule has 54 heavy (non-hydrogen) atoms. The molecule has 4 atom stereocenters. The first-order valence-electron chi connectivity index (χ1n) is 18.4. The second kappa shape index (κ2) is 16.4. The smallest absolute Gasteiger partial charge is 0.407 e. The maximum atomic E-state index is 13.5. The van der Waals surface area contributed by atoms with Gasteiger partial charge in [-0.3, -0.25) is 9.59 Å². The lowest BCUT2D eigenvalue weighted by atomic mass is 10.0. The number of carbonyl (C=O) groups is 4. The summed E-state index contributed by atoms with van der Waals surface area (Å²) in [5.41, 5.74) is 3.30. The number of methoxy groups -OCH3 is 2. The van der Waals surface area contributed by atoms with Crippen LogP contribution >= 0.6 is 0 Å². The van der Waals surface area contributed by atoms with E-state index >= 15 is 0 Å². The summed E-state index contributed by atoms with van der Waals surface area (Å²) >= 11 is 0. The third kappa shape index (κ3) is 8.20. The molecule has 0 bridgehead atoms. The predicted octanol–water partition coefficient (Wildman–Crippen LogP) is 5.44. The van der Waals surface area contributed by atoms with Gasteiger partial charge in [0.15, 0.2) is 0 Å². The average molecular weight is 737 g/mol. The first-order chi connectivity index (χ1) is 26.0. The second-order valence-corrected chi connectivity index (χ2v) is 14.5. The molecule has 1 unspecified atom stereocenters. The fourth-order valence-electron chi connectivity index (χ4n) is 7.24. The van der Waals surface area contributed by atoms with Crippen LogP contribution in [-0.2, 0) is 19.1 Å². The van der Waals surface area contributed by atoms with Gasteiger partial charge in [0.25, 0.3) is 0 Å². The van der Waals surface area contributed by atoms with Crippen LogP contribution in [0.5, 0.6) is 0 Å². The molecule has 2 aromatic carbocycles. The Morgan fingerprint density at radius 2 is 1.28 bits per heavy atom. The van der Waals surface area contributed by atoms with Crippen LogP contribution in [0.15, 0.2) is 48.8 Å². The van der Waals surface area contributed by atoms with E-state index in [-0.39, 0.29) is 35.7 Å². The molecule has 2 aliphatic heterocycles. The number of hydrogen-bond donors (Lipinski definition) is 4. The van der Waals surface area contributed by atoms with Crippen LogP contribution in [0.1, 0.15) is 88.4 Å². The number of rotatable bonds is 9. The van der Waals surface area contributed by atoms with Crippen LogP contribution in [0.4, 0.5) is 9.59 Å². The van der Waals surface area contributed by atoms with E-state index in [0.29, 0.717) is 30.4 Å². The minimum Gasteiger partial charge on any atom is -0.453 e. The summed E-state index contributed by atoms with van der Waals surface area (Å²) in [7, 11) is 2.57. The van der Waals surface area contributed by atoms with Crippen molar-refractivity contribution >= 4 is 34.8 Å². The molecule has 0 aliphatic carbocycles. The van der Waals surface area contributed by atoms with E-state index in [1.165, 1.54) is 14.2 Å². The number of aromatic amines is 2. The molecule has 4 aromatic rings. The highest BCUT2D eigenvalue weighted by Gasteiger charge is 2.39. The number of nitrogens with zero attached hydrogens (tertiary/aromatic N) is 4. The molecule has 4 heterocycles. The van der Waals surface area contributed by atoms with Gasteiger partial charge in [-0.15, -0.1) is 0 Å². The highest BCUT2D eigenvalue weighted by molar-refractivity contribution is 5.89. The predicted molar refractivity (Wildman–Crippen MR) is 202 cm³/mol. The van der Waals surface area contributed by atoms with Crippen LogP contribution in [0.3, 0.4) is 0 Å². The molecule has 2 fully saturated rings. The Bertz CT molecular complexity index is 2080. The number of amides is 4. The highest BCUT2D eigenvalue weighted by Crippen LogP contribution is 2.34. The van der Waals surface area contributed by atoms with E-state index in [9.17, 15) is 19.2 Å².